The normalized spacial score (nSPS) is 12.2. The third-order valence-corrected chi connectivity index (χ3v) is 9.34. The minimum absolute atomic E-state index is 0.356. The topological polar surface area (TPSA) is 50.4 Å². The molecule has 20 heavy (non-hydrogen) atoms. The molecule has 4 heteroatoms. The molecule has 3 aromatic rings. The zero-order chi connectivity index (χ0) is 14.5. The van der Waals surface area contributed by atoms with Crippen LogP contribution >= 0.6 is 0 Å². The monoisotopic (exact) mass is 376 g/mol. The average Bonchev–Trinajstić information content (AvgIpc) is 2.74. The third-order valence-electron chi connectivity index (χ3n) is 3.57. The third kappa shape index (κ3) is 2.10. The van der Waals surface area contributed by atoms with Gasteiger partial charge in [0.15, 0.2) is 0 Å². The van der Waals surface area contributed by atoms with Crippen molar-refractivity contribution < 1.29 is 14.3 Å². The molecule has 0 aliphatic rings. The van der Waals surface area contributed by atoms with E-state index in [2.05, 4.69) is 14.8 Å². The predicted molar refractivity (Wildman–Crippen MR) is 83.7 cm³/mol. The van der Waals surface area contributed by atoms with Crippen molar-refractivity contribution in [2.75, 3.05) is 0 Å². The van der Waals surface area contributed by atoms with E-state index in [4.69, 9.17) is 4.42 Å². The van der Waals surface area contributed by atoms with Crippen molar-refractivity contribution in [2.24, 2.45) is 0 Å². The van der Waals surface area contributed by atoms with E-state index in [1.165, 1.54) is 3.58 Å². The van der Waals surface area contributed by atoms with Crippen LogP contribution in [0.25, 0.3) is 21.9 Å². The van der Waals surface area contributed by atoms with Crippen LogP contribution < -0.4 is 3.58 Å². The summed E-state index contributed by atoms with van der Waals surface area (Å²) in [5, 5.41) is 11.1. The Bertz CT molecular complexity index is 825. The van der Waals surface area contributed by atoms with E-state index in [-0.39, 0.29) is 0 Å². The predicted octanol–water partition coefficient (Wildman–Crippen LogP) is 3.83. The number of carboxylic acids is 1. The second-order valence-corrected chi connectivity index (χ2v) is 20.5. The minimum atomic E-state index is -2.35. The summed E-state index contributed by atoms with van der Waals surface area (Å²) in [6, 6.07) is 11.5. The molecule has 0 amide bonds. The van der Waals surface area contributed by atoms with Gasteiger partial charge in [0, 0.05) is 0 Å². The van der Waals surface area contributed by atoms with Crippen LogP contribution in [0, 0.1) is 0 Å². The van der Waals surface area contributed by atoms with Crippen LogP contribution in [0.15, 0.2) is 40.8 Å². The number of para-hydroxylation sites is 1. The number of carboxylic acid groups (broad SMARTS) is 1. The van der Waals surface area contributed by atoms with E-state index in [0.29, 0.717) is 16.5 Å². The van der Waals surface area contributed by atoms with Gasteiger partial charge in [-0.25, -0.2) is 0 Å². The van der Waals surface area contributed by atoms with Crippen LogP contribution in [0.2, 0.25) is 14.8 Å². The van der Waals surface area contributed by atoms with Crippen molar-refractivity contribution in [3.05, 3.63) is 42.0 Å². The first-order chi connectivity index (χ1) is 9.38. The first-order valence-corrected chi connectivity index (χ1v) is 16.6. The van der Waals surface area contributed by atoms with Gasteiger partial charge >= 0.3 is 121 Å². The first-order valence-electron chi connectivity index (χ1n) is 6.57. The van der Waals surface area contributed by atoms with Crippen molar-refractivity contribution in [1.29, 1.82) is 0 Å². The Morgan fingerprint density at radius 3 is 2.45 bits per heavy atom. The number of fused-ring (bicyclic) bond motifs is 3. The van der Waals surface area contributed by atoms with Crippen LogP contribution in [0.3, 0.4) is 0 Å². The molecule has 0 radical (unpaired) electrons. The van der Waals surface area contributed by atoms with Gasteiger partial charge in [0.1, 0.15) is 0 Å². The van der Waals surface area contributed by atoms with Crippen molar-refractivity contribution in [1.82, 2.24) is 0 Å². The molecule has 0 saturated carbocycles. The molecule has 0 aliphatic carbocycles. The van der Waals surface area contributed by atoms with Crippen LogP contribution in [0.4, 0.5) is 0 Å². The fourth-order valence-corrected chi connectivity index (χ4v) is 5.71. The summed E-state index contributed by atoms with van der Waals surface area (Å²) in [4.78, 5) is 18.4. The van der Waals surface area contributed by atoms with Crippen LogP contribution in [-0.2, 0) is 0 Å². The van der Waals surface area contributed by atoms with Crippen LogP contribution in [0.5, 0.6) is 0 Å². The summed E-state index contributed by atoms with van der Waals surface area (Å²) < 4.78 is 7.02. The standard InChI is InChI=1S/C13H7O3.3CH3.Sn/c14-13(15)9-5-3-7-11-12(9)8-4-1-2-6-10(8)16-11;;;;/h1-2,4-7H,(H,14,15);3*1H3;. The Balaban J connectivity index is 2.48. The van der Waals surface area contributed by atoms with Gasteiger partial charge in [0.05, 0.1) is 0 Å². The summed E-state index contributed by atoms with van der Waals surface area (Å²) >= 11 is -2.35. The van der Waals surface area contributed by atoms with Gasteiger partial charge in [0.25, 0.3) is 0 Å². The molecule has 102 valence electrons. The molecular formula is C16H16O3Sn. The zero-order valence-corrected chi connectivity index (χ0v) is 14.6. The molecule has 1 N–H and O–H groups in total. The van der Waals surface area contributed by atoms with Gasteiger partial charge in [-0.2, -0.15) is 0 Å². The molecule has 0 aliphatic heterocycles. The molecular weight excluding hydrogens is 359 g/mol. The SMILES string of the molecule is [CH3][Sn]([CH3])([CH3])[c]1cc(C(=O)O)c2c(c1)oc1ccccc12. The number of furan rings is 1. The maximum atomic E-state index is 11.6. The van der Waals surface area contributed by atoms with E-state index >= 15 is 0 Å². The van der Waals surface area contributed by atoms with Gasteiger partial charge in [-0.15, -0.1) is 0 Å². The van der Waals surface area contributed by atoms with Gasteiger partial charge in [0.2, 0.25) is 0 Å². The van der Waals surface area contributed by atoms with E-state index in [1.807, 2.05) is 36.4 Å². The number of hydrogen-bond donors (Lipinski definition) is 1. The molecule has 2 aromatic carbocycles. The van der Waals surface area contributed by atoms with Crippen molar-refractivity contribution in [3.63, 3.8) is 0 Å². The number of rotatable bonds is 2. The Morgan fingerprint density at radius 1 is 1.10 bits per heavy atom. The van der Waals surface area contributed by atoms with Crippen molar-refractivity contribution in [2.45, 2.75) is 14.8 Å². The molecule has 0 saturated heterocycles. The molecule has 3 nitrogen and oxygen atoms in total. The Labute approximate surface area is 121 Å². The van der Waals surface area contributed by atoms with Gasteiger partial charge in [-0.05, 0) is 0 Å². The maximum absolute atomic E-state index is 11.6. The Kier molecular flexibility index (Phi) is 3.05. The Hall–Kier alpha value is -1.49. The van der Waals surface area contributed by atoms with E-state index < -0.39 is 24.3 Å². The summed E-state index contributed by atoms with van der Waals surface area (Å²) in [5.41, 5.74) is 1.79. The fraction of sp³-hybridized carbons (Fsp3) is 0.188. The van der Waals surface area contributed by atoms with Gasteiger partial charge in [-0.1, -0.05) is 0 Å². The second kappa shape index (κ2) is 4.52. The zero-order valence-electron chi connectivity index (χ0n) is 11.7. The molecule has 0 fully saturated rings. The van der Waals surface area contributed by atoms with Crippen molar-refractivity contribution in [3.8, 4) is 0 Å². The van der Waals surface area contributed by atoms with Crippen molar-refractivity contribution >= 4 is 49.9 Å². The average molecular weight is 375 g/mol. The molecule has 3 rings (SSSR count). The van der Waals surface area contributed by atoms with Crippen LogP contribution in [-0.4, -0.2) is 29.5 Å². The van der Waals surface area contributed by atoms with E-state index in [0.717, 1.165) is 11.0 Å². The summed E-state index contributed by atoms with van der Waals surface area (Å²) in [6.07, 6.45) is 0. The summed E-state index contributed by atoms with van der Waals surface area (Å²) in [5.74, 6) is -0.890. The van der Waals surface area contributed by atoms with Crippen LogP contribution in [0.1, 0.15) is 10.4 Å². The summed E-state index contributed by atoms with van der Waals surface area (Å²) in [6.45, 7) is 0. The number of benzene rings is 2. The van der Waals surface area contributed by atoms with E-state index in [1.54, 1.807) is 0 Å². The van der Waals surface area contributed by atoms with Gasteiger partial charge in [-0.3, -0.25) is 0 Å². The molecule has 0 atom stereocenters. The molecule has 0 bridgehead atoms. The Morgan fingerprint density at radius 2 is 1.80 bits per heavy atom. The quantitative estimate of drug-likeness (QED) is 0.693. The fourth-order valence-electron chi connectivity index (χ4n) is 2.46. The summed E-state index contributed by atoms with van der Waals surface area (Å²) in [7, 11) is 0. The molecule has 1 heterocycles. The molecule has 1 aromatic heterocycles. The number of carbonyl (C=O) groups is 1. The number of aromatic carboxylic acids is 1. The molecule has 0 spiro atoms. The first kappa shape index (κ1) is 13.5. The molecule has 0 unspecified atom stereocenters. The second-order valence-electron chi connectivity index (χ2n) is 6.05. The number of hydrogen-bond acceptors (Lipinski definition) is 2. The van der Waals surface area contributed by atoms with Gasteiger partial charge < -0.3 is 0 Å². The van der Waals surface area contributed by atoms with E-state index in [9.17, 15) is 9.90 Å².